The van der Waals surface area contributed by atoms with Gasteiger partial charge in [0.25, 0.3) is 0 Å². The molecule has 0 fully saturated rings. The van der Waals surface area contributed by atoms with Crippen LogP contribution >= 0.6 is 11.3 Å². The van der Waals surface area contributed by atoms with Crippen LogP contribution in [0.25, 0.3) is 21.6 Å². The van der Waals surface area contributed by atoms with Crippen molar-refractivity contribution in [2.24, 2.45) is 0 Å². The lowest BCUT2D eigenvalue weighted by Crippen LogP contribution is -2.24. The quantitative estimate of drug-likeness (QED) is 0.293. The van der Waals surface area contributed by atoms with E-state index in [4.69, 9.17) is 0 Å². The van der Waals surface area contributed by atoms with E-state index in [9.17, 15) is 15.0 Å². The predicted octanol–water partition coefficient (Wildman–Crippen LogP) is 5.65. The largest absolute Gasteiger partial charge is 0.478 e. The number of nitrogens with one attached hydrogen (secondary N) is 1. The minimum absolute atomic E-state index is 0.312. The Balaban J connectivity index is 1.64. The maximum atomic E-state index is 12.0. The number of hydrogen-bond donors (Lipinski definition) is 3. The summed E-state index contributed by atoms with van der Waals surface area (Å²) in [5.74, 6) is -0.929. The Morgan fingerprint density at radius 1 is 0.906 bits per heavy atom. The van der Waals surface area contributed by atoms with E-state index in [-0.39, 0.29) is 0 Å². The van der Waals surface area contributed by atoms with Gasteiger partial charge in [0.2, 0.25) is 0 Å². The molecular formula is C27H25NO3S. The molecule has 162 valence electrons. The first-order valence-corrected chi connectivity index (χ1v) is 11.5. The van der Waals surface area contributed by atoms with Gasteiger partial charge in [0.1, 0.15) is 0 Å². The highest BCUT2D eigenvalue weighted by atomic mass is 32.1. The fourth-order valence-electron chi connectivity index (χ4n) is 3.92. The van der Waals surface area contributed by atoms with E-state index in [0.29, 0.717) is 25.1 Å². The van der Waals surface area contributed by atoms with Gasteiger partial charge in [-0.25, -0.2) is 4.79 Å². The molecular weight excluding hydrogens is 418 g/mol. The molecule has 3 N–H and O–H groups in total. The third kappa shape index (κ3) is 4.97. The number of carboxylic acid groups (broad SMARTS) is 1. The van der Waals surface area contributed by atoms with Gasteiger partial charge in [0.05, 0.1) is 11.7 Å². The van der Waals surface area contributed by atoms with Crippen LogP contribution in [-0.2, 0) is 6.42 Å². The number of hydrogen-bond acceptors (Lipinski definition) is 4. The number of carbonyl (C=O) groups is 1. The Bertz CT molecular complexity index is 1160. The summed E-state index contributed by atoms with van der Waals surface area (Å²) < 4.78 is 0. The maximum absolute atomic E-state index is 12.0. The summed E-state index contributed by atoms with van der Waals surface area (Å²) in [5.41, 5.74) is 5.05. The Kier molecular flexibility index (Phi) is 7.12. The fourth-order valence-corrected chi connectivity index (χ4v) is 4.73. The Morgan fingerprint density at radius 2 is 1.62 bits per heavy atom. The molecule has 32 heavy (non-hydrogen) atoms. The van der Waals surface area contributed by atoms with Crippen molar-refractivity contribution in [3.63, 3.8) is 0 Å². The second-order valence-electron chi connectivity index (χ2n) is 7.54. The summed E-state index contributed by atoms with van der Waals surface area (Å²) in [7, 11) is 0. The number of carboxylic acids is 1. The van der Waals surface area contributed by atoms with Crippen molar-refractivity contribution < 1.29 is 15.0 Å². The van der Waals surface area contributed by atoms with E-state index in [1.54, 1.807) is 17.4 Å². The van der Waals surface area contributed by atoms with Gasteiger partial charge in [-0.3, -0.25) is 0 Å². The molecule has 0 spiro atoms. The van der Waals surface area contributed by atoms with Gasteiger partial charge in [-0.2, -0.15) is 0 Å². The van der Waals surface area contributed by atoms with Gasteiger partial charge in [0.15, 0.2) is 0 Å². The number of rotatable bonds is 9. The zero-order valence-electron chi connectivity index (χ0n) is 17.6. The van der Waals surface area contributed by atoms with Crippen LogP contribution in [0.3, 0.4) is 0 Å². The van der Waals surface area contributed by atoms with E-state index in [1.165, 1.54) is 0 Å². The smallest absolute Gasteiger partial charge is 0.336 e. The zero-order chi connectivity index (χ0) is 22.3. The highest BCUT2D eigenvalue weighted by Gasteiger charge is 2.20. The molecule has 0 aliphatic carbocycles. The standard InChI is InChI=1S/C27H25NO3S/c29-24(20-10-5-2-6-11-20)18-28-16-15-22-21(19-8-3-1-4-9-19)13-14-23(27(30)31)26(22)25-12-7-17-32-25/h1-14,17,24,28-29H,15-16,18H2,(H,30,31)/t24-/m0/s1. The number of benzene rings is 3. The number of aliphatic hydroxyl groups excluding tert-OH is 1. The molecule has 4 aromatic rings. The molecule has 0 aliphatic rings. The van der Waals surface area contributed by atoms with Gasteiger partial charge >= 0.3 is 5.97 Å². The topological polar surface area (TPSA) is 69.6 Å². The summed E-state index contributed by atoms with van der Waals surface area (Å²) in [6, 6.07) is 27.1. The van der Waals surface area contributed by atoms with E-state index in [2.05, 4.69) is 5.32 Å². The van der Waals surface area contributed by atoms with E-state index in [1.807, 2.05) is 84.2 Å². The molecule has 0 saturated carbocycles. The van der Waals surface area contributed by atoms with Crippen LogP contribution in [0.4, 0.5) is 0 Å². The molecule has 3 aromatic carbocycles. The summed E-state index contributed by atoms with van der Waals surface area (Å²) in [5, 5.41) is 25.6. The molecule has 0 bridgehead atoms. The number of aromatic carboxylic acids is 1. The molecule has 0 saturated heterocycles. The van der Waals surface area contributed by atoms with E-state index in [0.717, 1.165) is 32.7 Å². The van der Waals surface area contributed by atoms with Crippen LogP contribution in [0.1, 0.15) is 27.6 Å². The lowest BCUT2D eigenvalue weighted by molar-refractivity contribution is 0.0697. The highest BCUT2D eigenvalue weighted by molar-refractivity contribution is 7.13. The highest BCUT2D eigenvalue weighted by Crippen LogP contribution is 2.37. The van der Waals surface area contributed by atoms with E-state index >= 15 is 0 Å². The first-order valence-electron chi connectivity index (χ1n) is 10.6. The van der Waals surface area contributed by atoms with Crippen molar-refractivity contribution in [3.8, 4) is 21.6 Å². The van der Waals surface area contributed by atoms with Crippen molar-refractivity contribution in [2.75, 3.05) is 13.1 Å². The Labute approximate surface area is 191 Å². The van der Waals surface area contributed by atoms with Crippen LogP contribution in [0, 0.1) is 0 Å². The molecule has 4 rings (SSSR count). The van der Waals surface area contributed by atoms with Gasteiger partial charge in [-0.15, -0.1) is 11.3 Å². The normalized spacial score (nSPS) is 11.9. The van der Waals surface area contributed by atoms with Crippen molar-refractivity contribution >= 4 is 17.3 Å². The number of thiophene rings is 1. The minimum Gasteiger partial charge on any atom is -0.478 e. The van der Waals surface area contributed by atoms with Crippen LogP contribution in [0.5, 0.6) is 0 Å². The Hall–Kier alpha value is -3.25. The monoisotopic (exact) mass is 443 g/mol. The molecule has 0 unspecified atom stereocenters. The van der Waals surface area contributed by atoms with Crippen LogP contribution in [0.2, 0.25) is 0 Å². The lowest BCUT2D eigenvalue weighted by Gasteiger charge is -2.18. The average Bonchev–Trinajstić information content (AvgIpc) is 3.37. The SMILES string of the molecule is O=C(O)c1ccc(-c2ccccc2)c(CCNC[C@H](O)c2ccccc2)c1-c1cccs1. The number of aliphatic hydroxyl groups is 1. The first-order chi connectivity index (χ1) is 15.6. The van der Waals surface area contributed by atoms with Crippen molar-refractivity contribution in [3.05, 3.63) is 107 Å². The van der Waals surface area contributed by atoms with Gasteiger partial charge in [-0.1, -0.05) is 72.8 Å². The second kappa shape index (κ2) is 10.4. The predicted molar refractivity (Wildman–Crippen MR) is 130 cm³/mol. The summed E-state index contributed by atoms with van der Waals surface area (Å²) >= 11 is 1.54. The third-order valence-electron chi connectivity index (χ3n) is 5.47. The molecule has 4 nitrogen and oxygen atoms in total. The average molecular weight is 444 g/mol. The zero-order valence-corrected chi connectivity index (χ0v) is 18.4. The molecule has 0 aliphatic heterocycles. The lowest BCUT2D eigenvalue weighted by atomic mass is 9.89. The summed E-state index contributed by atoms with van der Waals surface area (Å²) in [6.45, 7) is 1.04. The van der Waals surface area contributed by atoms with Crippen molar-refractivity contribution in [1.29, 1.82) is 0 Å². The van der Waals surface area contributed by atoms with Crippen molar-refractivity contribution in [2.45, 2.75) is 12.5 Å². The van der Waals surface area contributed by atoms with Crippen LogP contribution in [0.15, 0.2) is 90.3 Å². The minimum atomic E-state index is -0.929. The maximum Gasteiger partial charge on any atom is 0.336 e. The van der Waals surface area contributed by atoms with Crippen LogP contribution < -0.4 is 5.32 Å². The molecule has 1 atom stereocenters. The van der Waals surface area contributed by atoms with Gasteiger partial charge in [-0.05, 0) is 52.7 Å². The van der Waals surface area contributed by atoms with E-state index < -0.39 is 12.1 Å². The summed E-state index contributed by atoms with van der Waals surface area (Å²) in [4.78, 5) is 13.0. The second-order valence-corrected chi connectivity index (χ2v) is 8.49. The molecule has 1 heterocycles. The van der Waals surface area contributed by atoms with Crippen molar-refractivity contribution in [1.82, 2.24) is 5.32 Å². The molecule has 0 radical (unpaired) electrons. The molecule has 0 amide bonds. The Morgan fingerprint density at radius 3 is 2.28 bits per heavy atom. The molecule has 5 heteroatoms. The molecule has 1 aromatic heterocycles. The fraction of sp³-hybridized carbons (Fsp3) is 0.148. The first kappa shape index (κ1) is 22.0. The van der Waals surface area contributed by atoms with Gasteiger partial charge in [0, 0.05) is 17.0 Å². The summed E-state index contributed by atoms with van der Waals surface area (Å²) in [6.07, 6.45) is 0.0482. The third-order valence-corrected chi connectivity index (χ3v) is 6.36. The van der Waals surface area contributed by atoms with Gasteiger partial charge < -0.3 is 15.5 Å². The van der Waals surface area contributed by atoms with Crippen LogP contribution in [-0.4, -0.2) is 29.3 Å².